The first-order valence-electron chi connectivity index (χ1n) is 5.06. The monoisotopic (exact) mass is 230 g/mol. The fourth-order valence-corrected chi connectivity index (χ4v) is 2.13. The first kappa shape index (κ1) is 12.6. The summed E-state index contributed by atoms with van der Waals surface area (Å²) < 4.78 is 11.0. The normalized spacial score (nSPS) is 13.3. The zero-order chi connectivity index (χ0) is 11.1. The molecule has 1 aromatic rings. The average Bonchev–Trinajstić information content (AvgIpc) is 2.73. The first-order valence-corrected chi connectivity index (χ1v) is 5.94. The van der Waals surface area contributed by atoms with Gasteiger partial charge < -0.3 is 9.47 Å². The second-order valence-electron chi connectivity index (χ2n) is 2.94. The maximum Gasteiger partial charge on any atom is 0.178 e. The van der Waals surface area contributed by atoms with E-state index in [0.717, 1.165) is 4.88 Å². The molecule has 0 saturated carbocycles. The maximum atomic E-state index is 5.52. The number of nitrogens with one attached hydrogen (secondary N) is 1. The molecular formula is C10H18N2O2S. The summed E-state index contributed by atoms with van der Waals surface area (Å²) in [5.41, 5.74) is 2.73. The van der Waals surface area contributed by atoms with E-state index in [-0.39, 0.29) is 12.3 Å². The largest absolute Gasteiger partial charge is 0.351 e. The van der Waals surface area contributed by atoms with Gasteiger partial charge in [0.2, 0.25) is 0 Å². The Labute approximate surface area is 94.3 Å². The lowest BCUT2D eigenvalue weighted by molar-refractivity contribution is -0.154. The molecule has 5 heteroatoms. The fraction of sp³-hybridized carbons (Fsp3) is 0.600. The Morgan fingerprint density at radius 2 is 2.07 bits per heavy atom. The van der Waals surface area contributed by atoms with Crippen LogP contribution in [0.3, 0.4) is 0 Å². The van der Waals surface area contributed by atoms with Crippen molar-refractivity contribution in [2.45, 2.75) is 26.2 Å². The van der Waals surface area contributed by atoms with Crippen LogP contribution in [-0.4, -0.2) is 19.5 Å². The van der Waals surface area contributed by atoms with E-state index in [1.54, 1.807) is 11.3 Å². The summed E-state index contributed by atoms with van der Waals surface area (Å²) in [5, 5.41) is 2.01. The molecule has 0 aliphatic heterocycles. The zero-order valence-electron chi connectivity index (χ0n) is 9.10. The van der Waals surface area contributed by atoms with Crippen molar-refractivity contribution in [2.75, 3.05) is 13.2 Å². The smallest absolute Gasteiger partial charge is 0.178 e. The molecule has 15 heavy (non-hydrogen) atoms. The summed E-state index contributed by atoms with van der Waals surface area (Å²) in [7, 11) is 0. The Balaban J connectivity index is 2.69. The molecule has 3 N–H and O–H groups in total. The number of hydrogen-bond acceptors (Lipinski definition) is 5. The van der Waals surface area contributed by atoms with Gasteiger partial charge in [-0.3, -0.25) is 5.84 Å². The zero-order valence-corrected chi connectivity index (χ0v) is 9.92. The highest BCUT2D eigenvalue weighted by atomic mass is 32.1. The topological polar surface area (TPSA) is 56.5 Å². The van der Waals surface area contributed by atoms with Gasteiger partial charge in [0.25, 0.3) is 0 Å². The van der Waals surface area contributed by atoms with E-state index in [2.05, 4.69) is 5.43 Å². The number of hydrogen-bond donors (Lipinski definition) is 2. The van der Waals surface area contributed by atoms with Gasteiger partial charge in [-0.05, 0) is 25.3 Å². The van der Waals surface area contributed by atoms with E-state index in [4.69, 9.17) is 15.3 Å². The Morgan fingerprint density at radius 1 is 1.40 bits per heavy atom. The minimum absolute atomic E-state index is 0.107. The summed E-state index contributed by atoms with van der Waals surface area (Å²) in [6.45, 7) is 5.09. The summed E-state index contributed by atoms with van der Waals surface area (Å²) in [6, 6.07) is 3.89. The average molecular weight is 230 g/mol. The van der Waals surface area contributed by atoms with Crippen molar-refractivity contribution in [2.24, 2.45) is 5.84 Å². The molecule has 0 spiro atoms. The Hall–Kier alpha value is -0.460. The predicted molar refractivity (Wildman–Crippen MR) is 61.4 cm³/mol. The van der Waals surface area contributed by atoms with Crippen LogP contribution in [0.25, 0.3) is 0 Å². The van der Waals surface area contributed by atoms with Gasteiger partial charge in [-0.15, -0.1) is 11.3 Å². The molecule has 0 fully saturated rings. The van der Waals surface area contributed by atoms with Crippen molar-refractivity contribution in [3.8, 4) is 0 Å². The highest BCUT2D eigenvalue weighted by molar-refractivity contribution is 7.10. The van der Waals surface area contributed by atoms with Crippen molar-refractivity contribution < 1.29 is 9.47 Å². The SMILES string of the molecule is CCOC(OCC)C(NN)c1cccs1. The lowest BCUT2D eigenvalue weighted by atomic mass is 10.2. The second kappa shape index (κ2) is 6.92. The van der Waals surface area contributed by atoms with Crippen LogP contribution in [0.1, 0.15) is 24.8 Å². The van der Waals surface area contributed by atoms with Gasteiger partial charge in [0.15, 0.2) is 6.29 Å². The van der Waals surface area contributed by atoms with Crippen molar-refractivity contribution in [3.63, 3.8) is 0 Å². The van der Waals surface area contributed by atoms with Crippen LogP contribution < -0.4 is 11.3 Å². The number of rotatable bonds is 7. The van der Waals surface area contributed by atoms with Gasteiger partial charge in [-0.2, -0.15) is 0 Å². The fourth-order valence-electron chi connectivity index (χ4n) is 1.33. The number of hydrazine groups is 1. The maximum absolute atomic E-state index is 5.52. The Morgan fingerprint density at radius 3 is 2.47 bits per heavy atom. The Kier molecular flexibility index (Phi) is 5.82. The highest BCUT2D eigenvalue weighted by Gasteiger charge is 2.23. The summed E-state index contributed by atoms with van der Waals surface area (Å²) >= 11 is 1.63. The molecule has 1 atom stereocenters. The van der Waals surface area contributed by atoms with Crippen LogP contribution in [0, 0.1) is 0 Å². The van der Waals surface area contributed by atoms with Crippen molar-refractivity contribution >= 4 is 11.3 Å². The Bertz CT molecular complexity index is 248. The number of thiophene rings is 1. The minimum atomic E-state index is -0.330. The van der Waals surface area contributed by atoms with E-state index in [9.17, 15) is 0 Å². The molecule has 0 aliphatic carbocycles. The molecule has 1 aromatic heterocycles. The van der Waals surface area contributed by atoms with E-state index in [0.29, 0.717) is 13.2 Å². The number of ether oxygens (including phenoxy) is 2. The first-order chi connectivity index (χ1) is 7.33. The van der Waals surface area contributed by atoms with Gasteiger partial charge in [0.05, 0.1) is 0 Å². The molecule has 0 aromatic carbocycles. The molecule has 0 amide bonds. The van der Waals surface area contributed by atoms with Crippen LogP contribution >= 0.6 is 11.3 Å². The van der Waals surface area contributed by atoms with Crippen LogP contribution in [0.5, 0.6) is 0 Å². The molecule has 86 valence electrons. The summed E-state index contributed by atoms with van der Waals surface area (Å²) in [6.07, 6.45) is -0.330. The lowest BCUT2D eigenvalue weighted by Gasteiger charge is -2.25. The van der Waals surface area contributed by atoms with Crippen LogP contribution in [0.2, 0.25) is 0 Å². The van der Waals surface area contributed by atoms with Crippen molar-refractivity contribution in [1.29, 1.82) is 0 Å². The third-order valence-electron chi connectivity index (χ3n) is 1.96. The van der Waals surface area contributed by atoms with Crippen LogP contribution in [-0.2, 0) is 9.47 Å². The number of nitrogens with two attached hydrogens (primary N) is 1. The van der Waals surface area contributed by atoms with Crippen molar-refractivity contribution in [1.82, 2.24) is 5.43 Å². The predicted octanol–water partition coefficient (Wildman–Crippen LogP) is 1.65. The van der Waals surface area contributed by atoms with E-state index in [1.165, 1.54) is 0 Å². The quantitative estimate of drug-likeness (QED) is 0.425. The van der Waals surface area contributed by atoms with Gasteiger partial charge >= 0.3 is 0 Å². The summed E-state index contributed by atoms with van der Waals surface area (Å²) in [5.74, 6) is 5.52. The third kappa shape index (κ3) is 3.55. The molecular weight excluding hydrogens is 212 g/mol. The van der Waals surface area contributed by atoms with Gasteiger partial charge in [0.1, 0.15) is 6.04 Å². The van der Waals surface area contributed by atoms with Gasteiger partial charge in [-0.1, -0.05) is 6.07 Å². The standard InChI is InChI=1S/C10H18N2O2S/c1-3-13-10(14-4-2)9(12-11)8-6-5-7-15-8/h5-7,9-10,12H,3-4,11H2,1-2H3. The van der Waals surface area contributed by atoms with Crippen LogP contribution in [0.15, 0.2) is 17.5 Å². The van der Waals surface area contributed by atoms with E-state index < -0.39 is 0 Å². The molecule has 0 radical (unpaired) electrons. The highest BCUT2D eigenvalue weighted by Crippen LogP contribution is 2.23. The lowest BCUT2D eigenvalue weighted by Crippen LogP contribution is -2.39. The third-order valence-corrected chi connectivity index (χ3v) is 2.92. The van der Waals surface area contributed by atoms with Crippen molar-refractivity contribution in [3.05, 3.63) is 22.4 Å². The second-order valence-corrected chi connectivity index (χ2v) is 3.92. The summed E-state index contributed by atoms with van der Waals surface area (Å²) in [4.78, 5) is 1.12. The van der Waals surface area contributed by atoms with E-state index in [1.807, 2.05) is 31.4 Å². The minimum Gasteiger partial charge on any atom is -0.351 e. The van der Waals surface area contributed by atoms with Crippen LogP contribution in [0.4, 0.5) is 0 Å². The molecule has 4 nitrogen and oxygen atoms in total. The van der Waals surface area contributed by atoms with Gasteiger partial charge in [0, 0.05) is 18.1 Å². The molecule has 1 rings (SSSR count). The molecule has 1 unspecified atom stereocenters. The molecule has 0 saturated heterocycles. The molecule has 0 bridgehead atoms. The molecule has 1 heterocycles. The molecule has 0 aliphatic rings. The van der Waals surface area contributed by atoms with Gasteiger partial charge in [-0.25, -0.2) is 5.43 Å². The van der Waals surface area contributed by atoms with E-state index >= 15 is 0 Å².